The van der Waals surface area contributed by atoms with E-state index in [0.29, 0.717) is 5.76 Å². The molecule has 1 aliphatic rings. The Labute approximate surface area is 119 Å². The predicted octanol–water partition coefficient (Wildman–Crippen LogP) is 4.54. The van der Waals surface area contributed by atoms with E-state index in [-0.39, 0.29) is 16.4 Å². The molecule has 1 atom stereocenters. The van der Waals surface area contributed by atoms with E-state index in [1.54, 1.807) is 0 Å². The third-order valence-electron chi connectivity index (χ3n) is 4.27. The minimum Gasteiger partial charge on any atom is -0.508 e. The fourth-order valence-corrected chi connectivity index (χ4v) is 2.51. The van der Waals surface area contributed by atoms with Crippen molar-refractivity contribution in [2.45, 2.75) is 60.4 Å². The summed E-state index contributed by atoms with van der Waals surface area (Å²) in [6.45, 7) is 15.3. The highest BCUT2D eigenvalue weighted by molar-refractivity contribution is 5.43. The molecule has 0 aliphatic heterocycles. The summed E-state index contributed by atoms with van der Waals surface area (Å²) in [5.41, 5.74) is 2.15. The smallest absolute Gasteiger partial charge is 0.118 e. The Balaban J connectivity index is 3.47. The molecule has 0 fully saturated rings. The van der Waals surface area contributed by atoms with E-state index in [1.165, 1.54) is 0 Å². The molecule has 19 heavy (non-hydrogen) atoms. The van der Waals surface area contributed by atoms with Gasteiger partial charge in [-0.15, -0.1) is 0 Å². The van der Waals surface area contributed by atoms with E-state index >= 15 is 0 Å². The fraction of sp³-hybridized carbons (Fsp3) is 0.765. The summed E-state index contributed by atoms with van der Waals surface area (Å²) in [5, 5.41) is 10.7. The van der Waals surface area contributed by atoms with Crippen LogP contribution in [0.25, 0.3) is 0 Å². The fourth-order valence-electron chi connectivity index (χ4n) is 2.51. The molecule has 0 bridgehead atoms. The molecule has 0 amide bonds. The highest BCUT2D eigenvalue weighted by Gasteiger charge is 2.39. The number of rotatable bonds is 1. The Morgan fingerprint density at radius 2 is 1.53 bits per heavy atom. The molecule has 0 aromatic heterocycles. The molecule has 0 radical (unpaired) electrons. The van der Waals surface area contributed by atoms with Gasteiger partial charge in [-0.2, -0.15) is 0 Å². The maximum atomic E-state index is 10.7. The summed E-state index contributed by atoms with van der Waals surface area (Å²) in [5.74, 6) is 0.513. The average Bonchev–Trinajstić information content (AvgIpc) is 2.17. The van der Waals surface area contributed by atoms with Crippen LogP contribution in [0, 0.1) is 10.8 Å². The molecule has 0 spiro atoms. The molecule has 1 N–H and O–H groups in total. The molecule has 0 saturated carbocycles. The number of nitrogens with zero attached hydrogens (tertiary/aromatic N) is 1. The molecule has 2 nitrogen and oxygen atoms in total. The topological polar surface area (TPSA) is 23.5 Å². The third-order valence-corrected chi connectivity index (χ3v) is 4.27. The van der Waals surface area contributed by atoms with Crippen LogP contribution in [0.1, 0.15) is 54.9 Å². The average molecular weight is 265 g/mol. The molecule has 0 aromatic rings. The molecule has 0 heterocycles. The van der Waals surface area contributed by atoms with Gasteiger partial charge in [0.2, 0.25) is 0 Å². The van der Waals surface area contributed by atoms with Crippen LogP contribution < -0.4 is 0 Å². The molecule has 0 aromatic carbocycles. The van der Waals surface area contributed by atoms with Crippen LogP contribution in [0.4, 0.5) is 0 Å². The molecular formula is C17H31NO. The summed E-state index contributed by atoms with van der Waals surface area (Å²) in [6.07, 6.45) is 3.13. The first-order valence-electron chi connectivity index (χ1n) is 7.13. The summed E-state index contributed by atoms with van der Waals surface area (Å²) >= 11 is 0. The predicted molar refractivity (Wildman–Crippen MR) is 83.4 cm³/mol. The minimum absolute atomic E-state index is 0.00782. The van der Waals surface area contributed by atoms with Crippen molar-refractivity contribution in [2.24, 2.45) is 10.8 Å². The van der Waals surface area contributed by atoms with Crippen LogP contribution >= 0.6 is 0 Å². The van der Waals surface area contributed by atoms with Gasteiger partial charge < -0.3 is 10.0 Å². The second-order valence-electron chi connectivity index (χ2n) is 8.31. The first-order valence-corrected chi connectivity index (χ1v) is 7.13. The quantitative estimate of drug-likeness (QED) is 0.752. The maximum Gasteiger partial charge on any atom is 0.118 e. The Hall–Kier alpha value is -0.760. The van der Waals surface area contributed by atoms with E-state index in [1.807, 2.05) is 0 Å². The number of allylic oxidation sites excluding steroid dienone is 1. The second-order valence-corrected chi connectivity index (χ2v) is 8.31. The van der Waals surface area contributed by atoms with Crippen LogP contribution in [0.3, 0.4) is 0 Å². The molecule has 110 valence electrons. The number of aliphatic hydroxyl groups is 1. The van der Waals surface area contributed by atoms with E-state index in [0.717, 1.165) is 17.6 Å². The van der Waals surface area contributed by atoms with Crippen molar-refractivity contribution in [1.29, 1.82) is 0 Å². The van der Waals surface area contributed by atoms with Gasteiger partial charge in [0.05, 0.1) is 0 Å². The zero-order valence-corrected chi connectivity index (χ0v) is 14.2. The summed E-state index contributed by atoms with van der Waals surface area (Å²) in [6, 6.07) is 0. The van der Waals surface area contributed by atoms with Crippen molar-refractivity contribution in [1.82, 2.24) is 4.90 Å². The van der Waals surface area contributed by atoms with Crippen molar-refractivity contribution >= 4 is 0 Å². The molecule has 2 heteroatoms. The number of likely N-dealkylation sites (N-methyl/N-ethyl adjacent to an activating group) is 1. The van der Waals surface area contributed by atoms with Gasteiger partial charge in [0.25, 0.3) is 0 Å². The van der Waals surface area contributed by atoms with E-state index in [4.69, 9.17) is 0 Å². The highest BCUT2D eigenvalue weighted by Crippen LogP contribution is 2.46. The van der Waals surface area contributed by atoms with Crippen LogP contribution in [0.5, 0.6) is 0 Å². The molecular weight excluding hydrogens is 234 g/mol. The molecule has 1 aliphatic carbocycles. The van der Waals surface area contributed by atoms with E-state index in [9.17, 15) is 5.11 Å². The normalized spacial score (nSPS) is 25.9. The van der Waals surface area contributed by atoms with Crippen molar-refractivity contribution < 1.29 is 5.11 Å². The van der Waals surface area contributed by atoms with Gasteiger partial charge in [-0.25, -0.2) is 0 Å². The third kappa shape index (κ3) is 3.22. The molecule has 1 unspecified atom stereocenters. The minimum atomic E-state index is -0.0434. The van der Waals surface area contributed by atoms with Gasteiger partial charge in [0, 0.05) is 5.54 Å². The Morgan fingerprint density at radius 3 is 1.84 bits per heavy atom. The SMILES string of the molecule is CN(C)C1(C)C=C(C(C)(C)C)C(O)=C(C(C)(C)C)C1. The largest absolute Gasteiger partial charge is 0.508 e. The van der Waals surface area contributed by atoms with Gasteiger partial charge in [-0.1, -0.05) is 47.6 Å². The summed E-state index contributed by atoms with van der Waals surface area (Å²) < 4.78 is 0. The molecule has 0 saturated heterocycles. The molecule has 1 rings (SSSR count). The van der Waals surface area contributed by atoms with Crippen molar-refractivity contribution in [3.05, 3.63) is 23.0 Å². The Bertz CT molecular complexity index is 416. The maximum absolute atomic E-state index is 10.7. The lowest BCUT2D eigenvalue weighted by Gasteiger charge is -2.44. The van der Waals surface area contributed by atoms with E-state index in [2.05, 4.69) is 73.5 Å². The van der Waals surface area contributed by atoms with Gasteiger partial charge in [0.1, 0.15) is 5.76 Å². The van der Waals surface area contributed by atoms with Crippen molar-refractivity contribution in [2.75, 3.05) is 14.1 Å². The van der Waals surface area contributed by atoms with Crippen molar-refractivity contribution in [3.63, 3.8) is 0 Å². The Kier molecular flexibility index (Phi) is 4.00. The van der Waals surface area contributed by atoms with Gasteiger partial charge >= 0.3 is 0 Å². The number of hydrogen-bond donors (Lipinski definition) is 1. The number of hydrogen-bond acceptors (Lipinski definition) is 2. The zero-order chi connectivity index (χ0) is 15.2. The van der Waals surface area contributed by atoms with Crippen LogP contribution in [0.15, 0.2) is 23.0 Å². The van der Waals surface area contributed by atoms with Crippen molar-refractivity contribution in [3.8, 4) is 0 Å². The van der Waals surface area contributed by atoms with Gasteiger partial charge in [-0.3, -0.25) is 0 Å². The van der Waals surface area contributed by atoms with Gasteiger partial charge in [-0.05, 0) is 49.4 Å². The Morgan fingerprint density at radius 1 is 1.05 bits per heavy atom. The first kappa shape index (κ1) is 16.3. The zero-order valence-electron chi connectivity index (χ0n) is 14.2. The second kappa shape index (κ2) is 4.66. The lowest BCUT2D eigenvalue weighted by molar-refractivity contribution is 0.198. The monoisotopic (exact) mass is 265 g/mol. The first-order chi connectivity index (χ1) is 8.29. The standard InChI is InChI=1S/C17H31NO/c1-15(2,3)12-10-17(7,18(8)9)11-13(14(12)19)16(4,5)6/h10,19H,11H2,1-9H3. The lowest BCUT2D eigenvalue weighted by Crippen LogP contribution is -2.44. The summed E-state index contributed by atoms with van der Waals surface area (Å²) in [4.78, 5) is 2.25. The van der Waals surface area contributed by atoms with Crippen LogP contribution in [-0.4, -0.2) is 29.6 Å². The highest BCUT2D eigenvalue weighted by atomic mass is 16.3. The lowest BCUT2D eigenvalue weighted by atomic mass is 9.69. The number of aliphatic hydroxyl groups excluding tert-OH is 1. The van der Waals surface area contributed by atoms with E-state index < -0.39 is 0 Å². The van der Waals surface area contributed by atoms with Crippen LogP contribution in [0.2, 0.25) is 0 Å². The summed E-state index contributed by atoms with van der Waals surface area (Å²) in [7, 11) is 4.22. The van der Waals surface area contributed by atoms with Gasteiger partial charge in [0.15, 0.2) is 0 Å². The van der Waals surface area contributed by atoms with Crippen LogP contribution in [-0.2, 0) is 0 Å².